The average Bonchev–Trinajstić information content (AvgIpc) is 2.64. The summed E-state index contributed by atoms with van der Waals surface area (Å²) >= 11 is 24.1. The Labute approximate surface area is 186 Å². The summed E-state index contributed by atoms with van der Waals surface area (Å²) in [5.41, 5.74) is -0.414. The third-order valence-electron chi connectivity index (χ3n) is 4.40. The van der Waals surface area contributed by atoms with Crippen molar-refractivity contribution in [2.75, 3.05) is 0 Å². The molecule has 0 atom stereocenters. The van der Waals surface area contributed by atoms with Crippen molar-refractivity contribution in [2.24, 2.45) is 0 Å². The van der Waals surface area contributed by atoms with Crippen LogP contribution in [0.1, 0.15) is 16.7 Å². The highest BCUT2D eigenvalue weighted by Crippen LogP contribution is 2.52. The van der Waals surface area contributed by atoms with Gasteiger partial charge in [-0.25, -0.2) is 0 Å². The number of benzene rings is 3. The molecule has 0 saturated carbocycles. The first-order valence-electron chi connectivity index (χ1n) is 7.89. The van der Waals surface area contributed by atoms with Gasteiger partial charge in [-0.1, -0.05) is 70.7 Å². The van der Waals surface area contributed by atoms with Crippen LogP contribution in [-0.4, -0.2) is 23.2 Å². The maximum absolute atomic E-state index is 12.9. The second-order valence-electron chi connectivity index (χ2n) is 6.09. The van der Waals surface area contributed by atoms with Crippen LogP contribution in [-0.2, 0) is 14.9 Å². The van der Waals surface area contributed by atoms with Crippen LogP contribution in [0.4, 0.5) is 0 Å². The number of hydrogen-bond acceptors (Lipinski definition) is 4. The fourth-order valence-electron chi connectivity index (χ4n) is 3.20. The first-order chi connectivity index (χ1) is 13.5. The molecule has 0 aliphatic carbocycles. The van der Waals surface area contributed by atoms with Gasteiger partial charge < -0.3 is 10.2 Å². The lowest BCUT2D eigenvalue weighted by Crippen LogP contribution is -2.38. The maximum Gasteiger partial charge on any atom is 0.283 e. The van der Waals surface area contributed by atoms with Crippen molar-refractivity contribution in [1.29, 1.82) is 0 Å². The van der Waals surface area contributed by atoms with E-state index in [0.29, 0.717) is 0 Å². The molecule has 0 saturated heterocycles. The average molecular weight is 494 g/mol. The van der Waals surface area contributed by atoms with Crippen molar-refractivity contribution in [3.63, 3.8) is 0 Å². The van der Waals surface area contributed by atoms with Gasteiger partial charge in [0.15, 0.2) is 10.5 Å². The highest BCUT2D eigenvalue weighted by atomic mass is 35.5. The van der Waals surface area contributed by atoms with Gasteiger partial charge in [-0.15, -0.1) is 0 Å². The zero-order valence-electron chi connectivity index (χ0n) is 14.3. The van der Waals surface area contributed by atoms with E-state index in [2.05, 4.69) is 0 Å². The summed E-state index contributed by atoms with van der Waals surface area (Å²) in [5.74, 6) is -1.43. The summed E-state index contributed by atoms with van der Waals surface area (Å²) in [6, 6.07) is 12.4. The molecule has 29 heavy (non-hydrogen) atoms. The Kier molecular flexibility index (Phi) is 5.98. The molecule has 0 aliphatic rings. The van der Waals surface area contributed by atoms with Gasteiger partial charge in [-0.2, -0.15) is 8.42 Å². The second kappa shape index (κ2) is 7.87. The lowest BCUT2D eigenvalue weighted by atomic mass is 9.83. The van der Waals surface area contributed by atoms with Crippen LogP contribution in [0.15, 0.2) is 54.6 Å². The number of phenols is 2. The van der Waals surface area contributed by atoms with E-state index >= 15 is 0 Å². The highest BCUT2D eigenvalue weighted by molar-refractivity contribution is 7.87. The smallest absolute Gasteiger partial charge is 0.283 e. The first kappa shape index (κ1) is 22.0. The number of phenolic OH excluding ortho intramolecular Hbond substituents is 2. The largest absolute Gasteiger partial charge is 0.506 e. The normalized spacial score (nSPS) is 12.2. The molecule has 152 valence electrons. The van der Waals surface area contributed by atoms with Gasteiger partial charge in [0.2, 0.25) is 0 Å². The van der Waals surface area contributed by atoms with Crippen LogP contribution < -0.4 is 0 Å². The number of halogens is 4. The van der Waals surface area contributed by atoms with Crippen molar-refractivity contribution >= 4 is 56.5 Å². The Morgan fingerprint density at radius 1 is 0.759 bits per heavy atom. The van der Waals surface area contributed by atoms with Crippen molar-refractivity contribution < 1.29 is 23.2 Å². The first-order valence-corrected chi connectivity index (χ1v) is 10.8. The zero-order valence-corrected chi connectivity index (χ0v) is 18.1. The molecule has 0 unspecified atom stereocenters. The minimum absolute atomic E-state index is 0.0112. The molecule has 0 bridgehead atoms. The quantitative estimate of drug-likeness (QED) is 0.311. The fourth-order valence-corrected chi connectivity index (χ4v) is 5.32. The van der Waals surface area contributed by atoms with Crippen molar-refractivity contribution in [2.45, 2.75) is 4.75 Å². The predicted octanol–water partition coefficient (Wildman–Crippen LogP) is 5.89. The Morgan fingerprint density at radius 3 is 1.66 bits per heavy atom. The summed E-state index contributed by atoms with van der Waals surface area (Å²) in [5, 5.41) is 20.0. The summed E-state index contributed by atoms with van der Waals surface area (Å²) in [7, 11) is -5.06. The van der Waals surface area contributed by atoms with E-state index in [1.165, 1.54) is 48.5 Å². The monoisotopic (exact) mass is 492 g/mol. The summed E-state index contributed by atoms with van der Waals surface area (Å²) in [6.07, 6.45) is 0. The molecule has 0 spiro atoms. The van der Waals surface area contributed by atoms with Gasteiger partial charge in [0, 0.05) is 15.6 Å². The third-order valence-corrected chi connectivity index (χ3v) is 6.98. The van der Waals surface area contributed by atoms with Crippen LogP contribution in [0, 0.1) is 0 Å². The van der Waals surface area contributed by atoms with Gasteiger partial charge in [0.05, 0.1) is 5.02 Å². The molecular weight excluding hydrogens is 482 g/mol. The van der Waals surface area contributed by atoms with Crippen LogP contribution >= 0.6 is 46.4 Å². The molecule has 5 nitrogen and oxygen atoms in total. The Hall–Kier alpha value is -1.67. The molecule has 0 heterocycles. The van der Waals surface area contributed by atoms with E-state index in [1.807, 2.05) is 0 Å². The lowest BCUT2D eigenvalue weighted by Gasteiger charge is -2.33. The molecule has 0 amide bonds. The lowest BCUT2D eigenvalue weighted by molar-refractivity contribution is 0.431. The second-order valence-corrected chi connectivity index (χ2v) is 9.31. The maximum atomic E-state index is 12.9. The Balaban J connectivity index is 2.62. The molecule has 0 aliphatic heterocycles. The van der Waals surface area contributed by atoms with Gasteiger partial charge in [0.1, 0.15) is 10.8 Å². The van der Waals surface area contributed by atoms with Crippen LogP contribution in [0.3, 0.4) is 0 Å². The molecule has 3 rings (SSSR count). The van der Waals surface area contributed by atoms with E-state index in [0.717, 1.165) is 6.07 Å². The van der Waals surface area contributed by atoms with Crippen LogP contribution in [0.5, 0.6) is 11.5 Å². The zero-order chi connectivity index (χ0) is 21.6. The van der Waals surface area contributed by atoms with Gasteiger partial charge in [-0.3, -0.25) is 4.55 Å². The minimum Gasteiger partial charge on any atom is -0.506 e. The number of hydrogen-bond donors (Lipinski definition) is 3. The molecule has 10 heteroatoms. The number of aromatic hydroxyl groups is 2. The topological polar surface area (TPSA) is 94.8 Å². The molecule has 0 aromatic heterocycles. The van der Waals surface area contributed by atoms with Gasteiger partial charge >= 0.3 is 0 Å². The van der Waals surface area contributed by atoms with E-state index in [9.17, 15) is 23.2 Å². The van der Waals surface area contributed by atoms with E-state index in [4.69, 9.17) is 46.4 Å². The predicted molar refractivity (Wildman–Crippen MR) is 114 cm³/mol. The van der Waals surface area contributed by atoms with Crippen molar-refractivity contribution in [3.05, 3.63) is 91.4 Å². The van der Waals surface area contributed by atoms with Gasteiger partial charge in [0.25, 0.3) is 10.1 Å². The summed E-state index contributed by atoms with van der Waals surface area (Å²) in [6.45, 7) is 0. The van der Waals surface area contributed by atoms with Crippen molar-refractivity contribution in [3.8, 4) is 11.5 Å². The summed E-state index contributed by atoms with van der Waals surface area (Å²) in [4.78, 5) is 0. The SMILES string of the molecule is O=S(=O)(O)C(c1cccc(Cl)c1)(c1cccc(Cl)c1)c1cc(Cl)c(O)c(Cl)c1O. The Bertz CT molecular complexity index is 1170. The molecular formula is C19H12Cl4O5S. The third kappa shape index (κ3) is 3.65. The molecule has 3 aromatic rings. The summed E-state index contributed by atoms with van der Waals surface area (Å²) < 4.78 is 34.0. The standard InChI is InChI=1S/C19H12Cl4O5S/c20-12-5-1-3-10(7-12)19(29(26,27)28,11-4-2-6-13(21)8-11)14-9-15(22)18(25)16(23)17(14)24/h1-9,24-25H,(H,26,27,28). The Morgan fingerprint density at radius 2 is 1.24 bits per heavy atom. The fraction of sp³-hybridized carbons (Fsp3) is 0.0526. The molecule has 3 aromatic carbocycles. The van der Waals surface area contributed by atoms with Crippen molar-refractivity contribution in [1.82, 2.24) is 0 Å². The van der Waals surface area contributed by atoms with Crippen LogP contribution in [0.2, 0.25) is 20.1 Å². The van der Waals surface area contributed by atoms with E-state index in [1.54, 1.807) is 0 Å². The van der Waals surface area contributed by atoms with E-state index < -0.39 is 37.0 Å². The molecule has 0 fully saturated rings. The van der Waals surface area contributed by atoms with E-state index in [-0.39, 0.29) is 26.2 Å². The minimum atomic E-state index is -5.06. The highest BCUT2D eigenvalue weighted by Gasteiger charge is 2.51. The molecule has 0 radical (unpaired) electrons. The van der Waals surface area contributed by atoms with Gasteiger partial charge in [-0.05, 0) is 41.5 Å². The number of rotatable bonds is 4. The van der Waals surface area contributed by atoms with Crippen LogP contribution in [0.25, 0.3) is 0 Å². The molecule has 3 N–H and O–H groups in total.